The molecule has 33 heavy (non-hydrogen) atoms. The molecule has 0 aromatic heterocycles. The van der Waals surface area contributed by atoms with Crippen molar-refractivity contribution in [3.8, 4) is 11.5 Å². The van der Waals surface area contributed by atoms with Gasteiger partial charge in [0, 0.05) is 64.0 Å². The van der Waals surface area contributed by atoms with Gasteiger partial charge in [0.25, 0.3) is 0 Å². The predicted octanol–water partition coefficient (Wildman–Crippen LogP) is 2.77. The Morgan fingerprint density at radius 2 is 1.79 bits per heavy atom. The van der Waals surface area contributed by atoms with Gasteiger partial charge < -0.3 is 19.5 Å². The summed E-state index contributed by atoms with van der Waals surface area (Å²) in [4.78, 5) is 7.01. The zero-order chi connectivity index (χ0) is 22.8. The molecule has 0 spiro atoms. The summed E-state index contributed by atoms with van der Waals surface area (Å²) in [6, 6.07) is 14.9. The molecule has 0 unspecified atom stereocenters. The van der Waals surface area contributed by atoms with Crippen LogP contribution in [0, 0.1) is 0 Å². The SMILES string of the molecule is C[C@@H]1CN(C[C@H](O)CN2CCc3ccccc3C2)Cc2ccc(O[C@@H]3CCN(C)C3)cc2O1. The monoisotopic (exact) mass is 451 g/mol. The van der Waals surface area contributed by atoms with Crippen molar-refractivity contribution in [3.63, 3.8) is 0 Å². The van der Waals surface area contributed by atoms with Crippen LogP contribution in [0.4, 0.5) is 0 Å². The van der Waals surface area contributed by atoms with E-state index in [9.17, 15) is 5.11 Å². The fourth-order valence-corrected chi connectivity index (χ4v) is 5.46. The highest BCUT2D eigenvalue weighted by molar-refractivity contribution is 5.41. The van der Waals surface area contributed by atoms with Gasteiger partial charge in [-0.05, 0) is 44.0 Å². The molecule has 3 aliphatic rings. The molecule has 0 saturated carbocycles. The molecule has 3 atom stereocenters. The largest absolute Gasteiger partial charge is 0.489 e. The molecule has 0 bridgehead atoms. The number of rotatable bonds is 6. The van der Waals surface area contributed by atoms with E-state index in [2.05, 4.69) is 71.1 Å². The number of likely N-dealkylation sites (N-methyl/N-ethyl adjacent to an activating group) is 1. The first-order valence-electron chi connectivity index (χ1n) is 12.4. The highest BCUT2D eigenvalue weighted by Gasteiger charge is 2.26. The van der Waals surface area contributed by atoms with Gasteiger partial charge in [0.2, 0.25) is 0 Å². The fraction of sp³-hybridized carbons (Fsp3) is 0.556. The summed E-state index contributed by atoms with van der Waals surface area (Å²) in [6.45, 7) is 9.05. The molecule has 178 valence electrons. The van der Waals surface area contributed by atoms with Crippen molar-refractivity contribution in [3.05, 3.63) is 59.2 Å². The predicted molar refractivity (Wildman–Crippen MR) is 130 cm³/mol. The van der Waals surface area contributed by atoms with E-state index < -0.39 is 0 Å². The zero-order valence-corrected chi connectivity index (χ0v) is 19.9. The summed E-state index contributed by atoms with van der Waals surface area (Å²) in [6.07, 6.45) is 2.06. The molecule has 3 heterocycles. The minimum Gasteiger partial charge on any atom is -0.489 e. The average Bonchev–Trinajstić information content (AvgIpc) is 3.12. The van der Waals surface area contributed by atoms with Gasteiger partial charge in [-0.1, -0.05) is 30.3 Å². The first-order chi connectivity index (χ1) is 16.0. The van der Waals surface area contributed by atoms with E-state index in [1.54, 1.807) is 0 Å². The number of aliphatic hydroxyl groups is 1. The minimum absolute atomic E-state index is 0.0631. The van der Waals surface area contributed by atoms with Crippen molar-refractivity contribution in [1.82, 2.24) is 14.7 Å². The maximum Gasteiger partial charge on any atom is 0.127 e. The standard InChI is InChI=1S/C27H37N3O3/c1-20-14-30(18-24(31)17-29-12-9-21-5-3-4-6-22(21)15-29)16-23-7-8-25(13-27(23)32-20)33-26-10-11-28(2)19-26/h3-8,13,20,24,26,31H,9-12,14-19H2,1-2H3/t20-,24-,26-/m1/s1. The van der Waals surface area contributed by atoms with Crippen LogP contribution in [0.15, 0.2) is 42.5 Å². The average molecular weight is 452 g/mol. The highest BCUT2D eigenvalue weighted by atomic mass is 16.5. The second-order valence-corrected chi connectivity index (χ2v) is 10.1. The Labute approximate surface area is 197 Å². The molecule has 1 saturated heterocycles. The highest BCUT2D eigenvalue weighted by Crippen LogP contribution is 2.31. The smallest absolute Gasteiger partial charge is 0.127 e. The summed E-state index contributed by atoms with van der Waals surface area (Å²) in [5.41, 5.74) is 4.00. The van der Waals surface area contributed by atoms with E-state index in [4.69, 9.17) is 9.47 Å². The van der Waals surface area contributed by atoms with E-state index in [-0.39, 0.29) is 18.3 Å². The van der Waals surface area contributed by atoms with Crippen LogP contribution in [-0.2, 0) is 19.5 Å². The number of likely N-dealkylation sites (tertiary alicyclic amines) is 1. The van der Waals surface area contributed by atoms with Gasteiger partial charge in [0.05, 0.1) is 6.10 Å². The zero-order valence-electron chi connectivity index (χ0n) is 19.9. The van der Waals surface area contributed by atoms with Gasteiger partial charge in [-0.15, -0.1) is 0 Å². The lowest BCUT2D eigenvalue weighted by Crippen LogP contribution is -2.43. The maximum absolute atomic E-state index is 10.9. The van der Waals surface area contributed by atoms with Crippen molar-refractivity contribution in [2.75, 3.05) is 46.3 Å². The quantitative estimate of drug-likeness (QED) is 0.729. The van der Waals surface area contributed by atoms with Crippen LogP contribution in [0.5, 0.6) is 11.5 Å². The first kappa shape index (κ1) is 22.7. The van der Waals surface area contributed by atoms with E-state index in [1.165, 1.54) is 11.1 Å². The maximum atomic E-state index is 10.9. The number of hydrogen-bond acceptors (Lipinski definition) is 6. The molecule has 6 heteroatoms. The molecular formula is C27H37N3O3. The summed E-state index contributed by atoms with van der Waals surface area (Å²) in [7, 11) is 2.14. The summed E-state index contributed by atoms with van der Waals surface area (Å²) in [5, 5.41) is 10.9. The first-order valence-corrected chi connectivity index (χ1v) is 12.4. The molecule has 1 N–H and O–H groups in total. The van der Waals surface area contributed by atoms with Gasteiger partial charge in [0.15, 0.2) is 0 Å². The second-order valence-electron chi connectivity index (χ2n) is 10.1. The normalized spacial score (nSPS) is 25.1. The van der Waals surface area contributed by atoms with Crippen LogP contribution in [0.3, 0.4) is 0 Å². The van der Waals surface area contributed by atoms with E-state index in [0.717, 1.165) is 69.2 Å². The Hall–Kier alpha value is -2.12. The number of fused-ring (bicyclic) bond motifs is 2. The van der Waals surface area contributed by atoms with Gasteiger partial charge in [0.1, 0.15) is 23.7 Å². The summed E-state index contributed by atoms with van der Waals surface area (Å²) in [5.74, 6) is 1.80. The lowest BCUT2D eigenvalue weighted by Gasteiger charge is -2.32. The van der Waals surface area contributed by atoms with Crippen LogP contribution in [-0.4, -0.2) is 84.4 Å². The molecule has 0 radical (unpaired) electrons. The van der Waals surface area contributed by atoms with Crippen LogP contribution >= 0.6 is 0 Å². The Morgan fingerprint density at radius 1 is 1.00 bits per heavy atom. The number of β-amino-alcohol motifs (C(OH)–C–C–N with tert-alkyl or cyclic N) is 1. The summed E-state index contributed by atoms with van der Waals surface area (Å²) < 4.78 is 12.5. The van der Waals surface area contributed by atoms with Gasteiger partial charge in [-0.25, -0.2) is 0 Å². The van der Waals surface area contributed by atoms with E-state index in [1.807, 2.05) is 0 Å². The fourth-order valence-electron chi connectivity index (χ4n) is 5.46. The van der Waals surface area contributed by atoms with Crippen LogP contribution in [0.25, 0.3) is 0 Å². The lowest BCUT2D eigenvalue weighted by molar-refractivity contribution is 0.0573. The van der Waals surface area contributed by atoms with Crippen LogP contribution in [0.1, 0.15) is 30.0 Å². The molecular weight excluding hydrogens is 414 g/mol. The minimum atomic E-state index is -0.383. The Bertz CT molecular complexity index is 952. The number of hydrogen-bond donors (Lipinski definition) is 1. The number of ether oxygens (including phenoxy) is 2. The Kier molecular flexibility index (Phi) is 6.88. The third-order valence-electron chi connectivity index (χ3n) is 7.07. The summed E-state index contributed by atoms with van der Waals surface area (Å²) >= 11 is 0. The van der Waals surface area contributed by atoms with Crippen molar-refractivity contribution in [1.29, 1.82) is 0 Å². The van der Waals surface area contributed by atoms with Crippen molar-refractivity contribution in [2.24, 2.45) is 0 Å². The third-order valence-corrected chi connectivity index (χ3v) is 7.07. The van der Waals surface area contributed by atoms with Gasteiger partial charge in [-0.3, -0.25) is 9.80 Å². The molecule has 2 aromatic carbocycles. The van der Waals surface area contributed by atoms with Crippen LogP contribution in [0.2, 0.25) is 0 Å². The van der Waals surface area contributed by atoms with Gasteiger partial charge >= 0.3 is 0 Å². The molecule has 0 amide bonds. The second kappa shape index (κ2) is 10.0. The topological polar surface area (TPSA) is 48.4 Å². The molecule has 5 rings (SSSR count). The van der Waals surface area contributed by atoms with Crippen LogP contribution < -0.4 is 9.47 Å². The van der Waals surface area contributed by atoms with E-state index in [0.29, 0.717) is 13.1 Å². The van der Waals surface area contributed by atoms with Crippen molar-refractivity contribution >= 4 is 0 Å². The molecule has 2 aromatic rings. The Balaban J connectivity index is 1.18. The number of benzene rings is 2. The van der Waals surface area contributed by atoms with Crippen molar-refractivity contribution < 1.29 is 14.6 Å². The molecule has 0 aliphatic carbocycles. The van der Waals surface area contributed by atoms with E-state index >= 15 is 0 Å². The molecule has 6 nitrogen and oxygen atoms in total. The number of aliphatic hydroxyl groups excluding tert-OH is 1. The Morgan fingerprint density at radius 3 is 2.61 bits per heavy atom. The lowest BCUT2D eigenvalue weighted by atomic mass is 10.00. The van der Waals surface area contributed by atoms with Gasteiger partial charge in [-0.2, -0.15) is 0 Å². The number of nitrogens with zero attached hydrogens (tertiary/aromatic N) is 3. The molecule has 1 fully saturated rings. The molecule has 3 aliphatic heterocycles. The van der Waals surface area contributed by atoms with Crippen molar-refractivity contribution in [2.45, 2.75) is 51.2 Å². The third kappa shape index (κ3) is 5.69.